The number of allylic oxidation sites excluding steroid dienone is 1. The predicted molar refractivity (Wildman–Crippen MR) is 252 cm³/mol. The van der Waals surface area contributed by atoms with Crippen molar-refractivity contribution in [3.63, 3.8) is 0 Å². The van der Waals surface area contributed by atoms with Gasteiger partial charge in [-0.15, -0.1) is 0 Å². The summed E-state index contributed by atoms with van der Waals surface area (Å²) in [5.41, 5.74) is 2.54. The molecule has 7 aliphatic heterocycles. The largest absolute Gasteiger partial charge is 0.389 e. The number of amides is 3. The van der Waals surface area contributed by atoms with Crippen LogP contribution in [0.2, 0.25) is 0 Å². The van der Waals surface area contributed by atoms with Crippen LogP contribution in [0.25, 0.3) is 10.8 Å². The summed E-state index contributed by atoms with van der Waals surface area (Å²) in [7, 11) is 0. The van der Waals surface area contributed by atoms with E-state index in [9.17, 15) is 24.3 Å². The monoisotopic (exact) mass is 903 g/mol. The van der Waals surface area contributed by atoms with Crippen LogP contribution in [-0.2, 0) is 14.4 Å². The number of fused-ring (bicyclic) bond motifs is 7. The van der Waals surface area contributed by atoms with E-state index in [2.05, 4.69) is 93.9 Å². The maximum Gasteiger partial charge on any atom is 0.275 e. The molecule has 6 saturated heterocycles. The Morgan fingerprint density at radius 3 is 2.42 bits per heavy atom. The molecule has 17 nitrogen and oxygen atoms in total. The van der Waals surface area contributed by atoms with Crippen molar-refractivity contribution in [3.8, 4) is 0 Å². The number of nitrogens with zero attached hydrogens (tertiary/aromatic N) is 7. The number of carbonyl (C=O) groups excluding carboxylic acids is 3. The number of anilines is 3. The van der Waals surface area contributed by atoms with Gasteiger partial charge in [0.1, 0.15) is 12.3 Å². The van der Waals surface area contributed by atoms with E-state index >= 15 is 0 Å². The van der Waals surface area contributed by atoms with E-state index in [4.69, 9.17) is 0 Å². The van der Waals surface area contributed by atoms with Crippen molar-refractivity contribution in [1.82, 2.24) is 46.0 Å². The summed E-state index contributed by atoms with van der Waals surface area (Å²) in [6.07, 6.45) is 16.2. The number of imide groups is 1. The molecule has 8 atom stereocenters. The number of piperidine rings is 3. The van der Waals surface area contributed by atoms with Crippen molar-refractivity contribution in [2.45, 2.75) is 126 Å². The van der Waals surface area contributed by atoms with Gasteiger partial charge in [0, 0.05) is 86.8 Å². The van der Waals surface area contributed by atoms with Crippen molar-refractivity contribution in [1.29, 1.82) is 0 Å². The SMILES string of the molecule is C[C@@]1(O)CC/C=C\CN2C(=O)C3CNC(Nc4ccc(N5CCN(C6CCC7(CCN(c8ccc9cnn(C%10CCC(=O)NC%10=O)c(=O)c9c8)CC7)C6)CC5)cc4)NC3N2C2CCCC1N2. The first-order valence-corrected chi connectivity index (χ1v) is 24.7. The summed E-state index contributed by atoms with van der Waals surface area (Å²) in [5, 5.41) is 38.2. The zero-order valence-corrected chi connectivity index (χ0v) is 38.2. The summed E-state index contributed by atoms with van der Waals surface area (Å²) >= 11 is 0. The smallest absolute Gasteiger partial charge is 0.275 e. The molecule has 1 aliphatic carbocycles. The molecule has 3 aromatic rings. The molecule has 66 heavy (non-hydrogen) atoms. The number of hydrogen-bond donors (Lipinski definition) is 6. The Balaban J connectivity index is 0.666. The highest BCUT2D eigenvalue weighted by molar-refractivity contribution is 5.99. The van der Waals surface area contributed by atoms with Crippen LogP contribution >= 0.6 is 0 Å². The van der Waals surface area contributed by atoms with E-state index in [0.717, 1.165) is 94.6 Å². The first kappa shape index (κ1) is 43.6. The fraction of sp³-hybridized carbons (Fsp3) is 0.612. The molecule has 352 valence electrons. The van der Waals surface area contributed by atoms with Gasteiger partial charge in [0.25, 0.3) is 11.5 Å². The van der Waals surface area contributed by atoms with Crippen LogP contribution in [-0.4, -0.2) is 136 Å². The van der Waals surface area contributed by atoms with Crippen LogP contribution in [0.5, 0.6) is 0 Å². The van der Waals surface area contributed by atoms with E-state index < -0.39 is 17.6 Å². The third-order valence-electron chi connectivity index (χ3n) is 16.6. The molecule has 8 heterocycles. The second kappa shape index (κ2) is 17.6. The molecule has 8 aliphatic rings. The van der Waals surface area contributed by atoms with Crippen molar-refractivity contribution >= 4 is 45.6 Å². The lowest BCUT2D eigenvalue weighted by molar-refractivity contribution is -0.146. The van der Waals surface area contributed by atoms with Crippen LogP contribution in [0.15, 0.2) is 65.6 Å². The molecule has 2 bridgehead atoms. The van der Waals surface area contributed by atoms with Crippen LogP contribution in [0, 0.1) is 11.3 Å². The van der Waals surface area contributed by atoms with Gasteiger partial charge in [-0.25, -0.2) is 4.68 Å². The number of rotatable bonds is 6. The Hall–Kier alpha value is -4.91. The van der Waals surface area contributed by atoms with E-state index in [0.29, 0.717) is 36.4 Å². The van der Waals surface area contributed by atoms with Gasteiger partial charge in [0.2, 0.25) is 11.8 Å². The highest BCUT2D eigenvalue weighted by atomic mass is 16.3. The van der Waals surface area contributed by atoms with Crippen LogP contribution in [0.4, 0.5) is 17.1 Å². The van der Waals surface area contributed by atoms with Crippen molar-refractivity contribution in [2.75, 3.05) is 67.5 Å². The quantitative estimate of drug-likeness (QED) is 0.157. The lowest BCUT2D eigenvalue weighted by atomic mass is 9.76. The molecule has 17 heteroatoms. The van der Waals surface area contributed by atoms with Gasteiger partial charge in [-0.1, -0.05) is 18.2 Å². The highest BCUT2D eigenvalue weighted by Gasteiger charge is 2.53. The molecular weight excluding hydrogens is 837 g/mol. The van der Waals surface area contributed by atoms with Gasteiger partial charge in [0.05, 0.1) is 42.0 Å². The fourth-order valence-electron chi connectivity index (χ4n) is 12.7. The Bertz CT molecular complexity index is 2410. The Morgan fingerprint density at radius 2 is 1.62 bits per heavy atom. The Labute approximate surface area is 386 Å². The van der Waals surface area contributed by atoms with Crippen molar-refractivity contribution in [2.24, 2.45) is 11.3 Å². The number of hydrazine groups is 1. The molecule has 3 amide bonds. The Kier molecular flexibility index (Phi) is 11.7. The van der Waals surface area contributed by atoms with Crippen LogP contribution in [0.1, 0.15) is 90.0 Å². The topological polar surface area (TPSA) is 183 Å². The Morgan fingerprint density at radius 1 is 0.833 bits per heavy atom. The molecule has 1 saturated carbocycles. The van der Waals surface area contributed by atoms with Gasteiger partial charge in [0.15, 0.2) is 0 Å². The molecular formula is C49H66N12O5. The molecule has 1 spiro atoms. The summed E-state index contributed by atoms with van der Waals surface area (Å²) in [5.74, 6) is -0.850. The summed E-state index contributed by atoms with van der Waals surface area (Å²) in [4.78, 5) is 59.3. The first-order chi connectivity index (χ1) is 32.0. The highest BCUT2D eigenvalue weighted by Crippen LogP contribution is 2.48. The average molecular weight is 903 g/mol. The van der Waals surface area contributed by atoms with Crippen molar-refractivity contribution in [3.05, 3.63) is 71.2 Å². The lowest BCUT2D eigenvalue weighted by Crippen LogP contribution is -2.69. The predicted octanol–water partition coefficient (Wildman–Crippen LogP) is 2.79. The number of carbonyl (C=O) groups is 3. The molecule has 6 N–H and O–H groups in total. The number of benzene rings is 2. The maximum absolute atomic E-state index is 13.8. The number of nitrogens with one attached hydrogen (secondary N) is 5. The van der Waals surface area contributed by atoms with E-state index in [1.807, 2.05) is 24.1 Å². The number of hydrogen-bond acceptors (Lipinski definition) is 14. The molecule has 7 unspecified atom stereocenters. The number of piperazine rings is 1. The lowest BCUT2D eigenvalue weighted by Gasteiger charge is -2.47. The van der Waals surface area contributed by atoms with E-state index in [1.54, 1.807) is 6.20 Å². The second-order valence-corrected chi connectivity index (χ2v) is 20.6. The second-order valence-electron chi connectivity index (χ2n) is 20.6. The van der Waals surface area contributed by atoms with Crippen LogP contribution < -0.4 is 41.9 Å². The normalized spacial score (nSPS) is 33.6. The van der Waals surface area contributed by atoms with Gasteiger partial charge in [-0.05, 0) is 119 Å². The minimum absolute atomic E-state index is 0.0212. The minimum atomic E-state index is -0.809. The van der Waals surface area contributed by atoms with Gasteiger partial charge >= 0.3 is 0 Å². The number of aliphatic hydroxyl groups is 1. The van der Waals surface area contributed by atoms with Crippen LogP contribution in [0.3, 0.4) is 0 Å². The maximum atomic E-state index is 13.8. The van der Waals surface area contributed by atoms with E-state index in [-0.39, 0.29) is 60.8 Å². The third kappa shape index (κ3) is 8.29. The minimum Gasteiger partial charge on any atom is -0.389 e. The zero-order chi connectivity index (χ0) is 45.2. The molecule has 2 aromatic carbocycles. The van der Waals surface area contributed by atoms with Crippen molar-refractivity contribution < 1.29 is 19.5 Å². The third-order valence-corrected chi connectivity index (χ3v) is 16.6. The average Bonchev–Trinajstić information content (AvgIpc) is 3.86. The molecule has 11 rings (SSSR count). The summed E-state index contributed by atoms with van der Waals surface area (Å²) in [6, 6.07) is 14.6. The summed E-state index contributed by atoms with van der Waals surface area (Å²) in [6.45, 7) is 9.09. The standard InChI is InChI=1S/C49H66N12O5/c1-48(66)17-3-2-4-21-59-45(64)38-31-50-47(55-43(38)61(59)41-7-5-6-40(48)53-41)52-33-9-12-34(13-10-33)57-24-26-58(27-25-57)36-16-18-49(29-36)19-22-56(23-20-49)35-11-8-32-30-51-60(46(65)37(32)28-35)39-14-15-42(62)54-44(39)63/h2,4,8-13,28,30,36,38-41,43,47,50,52-53,55,66H,3,5-7,14-27,29,31H2,1H3,(H,54,62,63)/b4-2-/t36?,38?,39?,40?,41?,43?,47?,48-/m1/s1. The molecule has 0 radical (unpaired) electrons. The summed E-state index contributed by atoms with van der Waals surface area (Å²) < 4.78 is 1.24. The number of aromatic nitrogens is 2. The van der Waals surface area contributed by atoms with E-state index in [1.165, 1.54) is 29.6 Å². The molecule has 7 fully saturated rings. The first-order valence-electron chi connectivity index (χ1n) is 24.7. The van der Waals surface area contributed by atoms with Gasteiger partial charge in [-0.3, -0.25) is 50.4 Å². The molecule has 1 aromatic heterocycles. The zero-order valence-electron chi connectivity index (χ0n) is 38.2. The fourth-order valence-corrected chi connectivity index (χ4v) is 12.7. The van der Waals surface area contributed by atoms with Gasteiger partial charge < -0.3 is 20.2 Å². The van der Waals surface area contributed by atoms with Gasteiger partial charge in [-0.2, -0.15) is 10.1 Å².